The molecule has 0 saturated carbocycles. The van der Waals surface area contributed by atoms with Gasteiger partial charge >= 0.3 is 0 Å². The van der Waals surface area contributed by atoms with Crippen molar-refractivity contribution in [1.29, 1.82) is 0 Å². The molecule has 1 heterocycles. The summed E-state index contributed by atoms with van der Waals surface area (Å²) in [5, 5.41) is 3.56. The van der Waals surface area contributed by atoms with Crippen LogP contribution < -0.4 is 5.32 Å². The van der Waals surface area contributed by atoms with Crippen molar-refractivity contribution in [3.8, 4) is 0 Å². The number of rotatable bonds is 4. The van der Waals surface area contributed by atoms with Gasteiger partial charge in [0.25, 0.3) is 0 Å². The van der Waals surface area contributed by atoms with Crippen LogP contribution in [0.5, 0.6) is 0 Å². The molecule has 0 aromatic heterocycles. The lowest BCUT2D eigenvalue weighted by Gasteiger charge is -2.32. The fourth-order valence-corrected chi connectivity index (χ4v) is 2.65. The highest BCUT2D eigenvalue weighted by Gasteiger charge is 2.17. The number of hydrogen-bond donors (Lipinski definition) is 1. The Balaban J connectivity index is 1.73. The monoisotopic (exact) mass is 296 g/mol. The van der Waals surface area contributed by atoms with E-state index in [2.05, 4.69) is 57.5 Å². The van der Waals surface area contributed by atoms with Gasteiger partial charge in [0.15, 0.2) is 0 Å². The minimum atomic E-state index is 0.721. The van der Waals surface area contributed by atoms with Gasteiger partial charge in [-0.05, 0) is 44.1 Å². The highest BCUT2D eigenvalue weighted by Crippen LogP contribution is 2.14. The predicted molar refractivity (Wildman–Crippen MR) is 76.1 cm³/mol. The second kappa shape index (κ2) is 6.53. The highest BCUT2D eigenvalue weighted by atomic mass is 79.9. The minimum absolute atomic E-state index is 0.721. The number of likely N-dealkylation sites (N-methyl/N-ethyl adjacent to an activating group) is 1. The molecule has 1 atom stereocenters. The van der Waals surface area contributed by atoms with E-state index in [9.17, 15) is 0 Å². The Morgan fingerprint density at radius 3 is 2.76 bits per heavy atom. The van der Waals surface area contributed by atoms with Crippen molar-refractivity contribution >= 4 is 15.9 Å². The van der Waals surface area contributed by atoms with Gasteiger partial charge in [-0.1, -0.05) is 34.5 Å². The summed E-state index contributed by atoms with van der Waals surface area (Å²) < 4.78 is 1.15. The van der Waals surface area contributed by atoms with Gasteiger partial charge in [0.05, 0.1) is 0 Å². The van der Waals surface area contributed by atoms with Crippen LogP contribution in [-0.2, 0) is 6.54 Å². The molecule has 94 valence electrons. The number of hydrogen-bond acceptors (Lipinski definition) is 2. The zero-order valence-electron chi connectivity index (χ0n) is 10.5. The lowest BCUT2D eigenvalue weighted by Crippen LogP contribution is -2.42. The molecule has 1 aliphatic rings. The first-order chi connectivity index (χ1) is 8.25. The maximum Gasteiger partial charge on any atom is 0.0217 e. The Labute approximate surface area is 113 Å². The summed E-state index contributed by atoms with van der Waals surface area (Å²) in [6.07, 6.45) is 4.08. The van der Waals surface area contributed by atoms with Gasteiger partial charge in [-0.2, -0.15) is 0 Å². The van der Waals surface area contributed by atoms with E-state index < -0.39 is 0 Å². The fraction of sp³-hybridized carbons (Fsp3) is 0.571. The van der Waals surface area contributed by atoms with Crippen LogP contribution in [0.1, 0.15) is 24.8 Å². The molecule has 0 spiro atoms. The Hall–Kier alpha value is -0.380. The molecule has 0 amide bonds. The van der Waals surface area contributed by atoms with Gasteiger partial charge in [0.1, 0.15) is 0 Å². The third-order valence-electron chi connectivity index (χ3n) is 3.54. The molecular weight excluding hydrogens is 276 g/mol. The molecule has 0 bridgehead atoms. The topological polar surface area (TPSA) is 15.3 Å². The van der Waals surface area contributed by atoms with Crippen molar-refractivity contribution in [2.24, 2.45) is 0 Å². The molecule has 17 heavy (non-hydrogen) atoms. The molecule has 0 radical (unpaired) electrons. The molecule has 1 unspecified atom stereocenters. The van der Waals surface area contributed by atoms with E-state index in [0.717, 1.165) is 23.6 Å². The third-order valence-corrected chi connectivity index (χ3v) is 4.07. The molecule has 1 aromatic carbocycles. The molecule has 3 heteroatoms. The minimum Gasteiger partial charge on any atom is -0.311 e. The molecule has 1 aromatic rings. The maximum atomic E-state index is 3.56. The zero-order valence-corrected chi connectivity index (χ0v) is 12.0. The van der Waals surface area contributed by atoms with Gasteiger partial charge in [0, 0.05) is 23.6 Å². The fourth-order valence-electron chi connectivity index (χ4n) is 2.39. The van der Waals surface area contributed by atoms with Crippen LogP contribution >= 0.6 is 15.9 Å². The summed E-state index contributed by atoms with van der Waals surface area (Å²) in [6, 6.07) is 9.26. The van der Waals surface area contributed by atoms with Gasteiger partial charge in [-0.25, -0.2) is 0 Å². The molecule has 1 aliphatic heterocycles. The Kier molecular flexibility index (Phi) is 5.01. The van der Waals surface area contributed by atoms with Crippen molar-refractivity contribution in [2.75, 3.05) is 20.1 Å². The quantitative estimate of drug-likeness (QED) is 0.919. The molecule has 1 fully saturated rings. The number of nitrogens with one attached hydrogen (secondary N) is 1. The molecule has 2 rings (SSSR count). The van der Waals surface area contributed by atoms with Gasteiger partial charge in [-0.15, -0.1) is 0 Å². The van der Waals surface area contributed by atoms with E-state index in [0.29, 0.717) is 0 Å². The van der Waals surface area contributed by atoms with Gasteiger partial charge in [0.2, 0.25) is 0 Å². The average Bonchev–Trinajstić information content (AvgIpc) is 2.34. The van der Waals surface area contributed by atoms with Crippen molar-refractivity contribution in [3.05, 3.63) is 34.3 Å². The number of halogens is 1. The van der Waals surface area contributed by atoms with Crippen LogP contribution in [0.15, 0.2) is 28.7 Å². The first-order valence-corrected chi connectivity index (χ1v) is 7.20. The maximum absolute atomic E-state index is 3.56. The molecule has 1 saturated heterocycles. The molecule has 2 nitrogen and oxygen atoms in total. The lowest BCUT2D eigenvalue weighted by atomic mass is 10.0. The Morgan fingerprint density at radius 1 is 1.29 bits per heavy atom. The summed E-state index contributed by atoms with van der Waals surface area (Å²) in [5.74, 6) is 0. The lowest BCUT2D eigenvalue weighted by molar-refractivity contribution is 0.181. The van der Waals surface area contributed by atoms with Crippen LogP contribution in [0.25, 0.3) is 0 Å². The van der Waals surface area contributed by atoms with Crippen molar-refractivity contribution in [2.45, 2.75) is 31.8 Å². The second-order valence-electron chi connectivity index (χ2n) is 4.89. The summed E-state index contributed by atoms with van der Waals surface area (Å²) in [4.78, 5) is 2.48. The normalized spacial score (nSPS) is 21.6. The van der Waals surface area contributed by atoms with Gasteiger partial charge in [-0.3, -0.25) is 0 Å². The van der Waals surface area contributed by atoms with Gasteiger partial charge < -0.3 is 10.2 Å². The molecule has 1 N–H and O–H groups in total. The van der Waals surface area contributed by atoms with Crippen molar-refractivity contribution < 1.29 is 0 Å². The average molecular weight is 297 g/mol. The van der Waals surface area contributed by atoms with Crippen LogP contribution in [0.2, 0.25) is 0 Å². The van der Waals surface area contributed by atoms with Crippen molar-refractivity contribution in [3.63, 3.8) is 0 Å². The molecule has 0 aliphatic carbocycles. The number of benzene rings is 1. The van der Waals surface area contributed by atoms with Crippen LogP contribution in [-0.4, -0.2) is 31.1 Å². The predicted octanol–water partition coefficient (Wildman–Crippen LogP) is 3.02. The van der Waals surface area contributed by atoms with E-state index in [1.165, 1.54) is 31.4 Å². The highest BCUT2D eigenvalue weighted by molar-refractivity contribution is 9.10. The SMILES string of the molecule is CN1CCCCC1CNCc1ccc(Br)cc1. The largest absolute Gasteiger partial charge is 0.311 e. The van der Waals surface area contributed by atoms with E-state index >= 15 is 0 Å². The second-order valence-corrected chi connectivity index (χ2v) is 5.80. The number of piperidine rings is 1. The number of likely N-dealkylation sites (tertiary alicyclic amines) is 1. The third kappa shape index (κ3) is 4.09. The molecular formula is C14H21BrN2. The summed E-state index contributed by atoms with van der Waals surface area (Å²) in [7, 11) is 2.24. The van der Waals surface area contributed by atoms with E-state index in [1.807, 2.05) is 0 Å². The van der Waals surface area contributed by atoms with E-state index in [-0.39, 0.29) is 0 Å². The van der Waals surface area contributed by atoms with Crippen LogP contribution in [0.3, 0.4) is 0 Å². The van der Waals surface area contributed by atoms with E-state index in [4.69, 9.17) is 0 Å². The number of nitrogens with zero attached hydrogens (tertiary/aromatic N) is 1. The summed E-state index contributed by atoms with van der Waals surface area (Å²) in [5.41, 5.74) is 1.35. The summed E-state index contributed by atoms with van der Waals surface area (Å²) in [6.45, 7) is 3.33. The first-order valence-electron chi connectivity index (χ1n) is 6.41. The van der Waals surface area contributed by atoms with Crippen molar-refractivity contribution in [1.82, 2.24) is 10.2 Å². The Bertz CT molecular complexity index is 337. The van der Waals surface area contributed by atoms with Crippen LogP contribution in [0.4, 0.5) is 0 Å². The van der Waals surface area contributed by atoms with Crippen LogP contribution in [0, 0.1) is 0 Å². The smallest absolute Gasteiger partial charge is 0.0217 e. The van der Waals surface area contributed by atoms with E-state index in [1.54, 1.807) is 0 Å². The summed E-state index contributed by atoms with van der Waals surface area (Å²) >= 11 is 3.46. The zero-order chi connectivity index (χ0) is 12.1. The Morgan fingerprint density at radius 2 is 2.06 bits per heavy atom. The standard InChI is InChI=1S/C14H21BrN2/c1-17-9-3-2-4-14(17)11-16-10-12-5-7-13(15)8-6-12/h5-8,14,16H,2-4,9-11H2,1H3. The first kappa shape index (κ1) is 13.1.